The molecule has 0 saturated heterocycles. The maximum absolute atomic E-state index is 12.5. The van der Waals surface area contributed by atoms with E-state index >= 15 is 0 Å². The van der Waals surface area contributed by atoms with Crippen molar-refractivity contribution in [3.63, 3.8) is 0 Å². The molecule has 0 aliphatic rings. The first-order valence-corrected chi connectivity index (χ1v) is 18.1. The number of benzene rings is 1. The minimum absolute atomic E-state index is 0.123. The van der Waals surface area contributed by atoms with Crippen molar-refractivity contribution in [2.24, 2.45) is 0 Å². The van der Waals surface area contributed by atoms with Gasteiger partial charge in [-0.05, 0) is 17.7 Å². The van der Waals surface area contributed by atoms with Crippen LogP contribution in [0.25, 0.3) is 0 Å². The van der Waals surface area contributed by atoms with Crippen molar-refractivity contribution in [2.75, 3.05) is 0 Å². The third-order valence-corrected chi connectivity index (χ3v) is 1.74. The van der Waals surface area contributed by atoms with Gasteiger partial charge in [-0.25, -0.2) is 4.39 Å². The Morgan fingerprint density at radius 1 is 1.38 bits per heavy atom. The summed E-state index contributed by atoms with van der Waals surface area (Å²) in [5, 5.41) is 0.123. The number of alkyl halides is 1. The monoisotopic (exact) mass is 400 g/mol. The fourth-order valence-corrected chi connectivity index (χ4v) is 0.992. The van der Waals surface area contributed by atoms with Gasteiger partial charge in [-0.2, -0.15) is 0 Å². The molecule has 0 heterocycles. The average Bonchev–Trinajstić information content (AvgIpc) is 2.11. The summed E-state index contributed by atoms with van der Waals surface area (Å²) in [6.07, 6.45) is 0. The number of halogens is 5. The molecule has 1 aromatic rings. The van der Waals surface area contributed by atoms with E-state index in [0.717, 1.165) is 5.56 Å². The summed E-state index contributed by atoms with van der Waals surface area (Å²) < 4.78 is 12.5. The maximum atomic E-state index is 12.5. The quantitative estimate of drug-likeness (QED) is 0.461. The van der Waals surface area contributed by atoms with Crippen molar-refractivity contribution in [1.29, 1.82) is 0 Å². The zero-order chi connectivity index (χ0) is 10.3. The molecule has 1 aromatic carbocycles. The van der Waals surface area contributed by atoms with Crippen molar-refractivity contribution in [3.05, 3.63) is 34.6 Å². The van der Waals surface area contributed by atoms with Gasteiger partial charge in [0.25, 0.3) is 0 Å². The Hall–Kier alpha value is 1.31. The topological polar surface area (TPSA) is 0 Å². The minimum atomic E-state index is -0.407. The summed E-state index contributed by atoms with van der Waals surface area (Å²) in [7, 11) is 0. The molecule has 0 aliphatic carbocycles. The molecule has 13 heavy (non-hydrogen) atoms. The van der Waals surface area contributed by atoms with E-state index in [1.807, 2.05) is 0 Å². The average molecular weight is 404 g/mol. The number of hydrogen-bond donors (Lipinski definition) is 0. The van der Waals surface area contributed by atoms with Gasteiger partial charge in [0.1, 0.15) is 5.82 Å². The standard InChI is InChI=1S/C7H5Cl2F.2BrH.Zn/c8-4-5-1-2-7(10)6(9)3-5;;;/h1-3H,4H2;2*1H;/q;;;+2/p-2. The Bertz CT molecular complexity index is 260. The van der Waals surface area contributed by atoms with Crippen molar-refractivity contribution >= 4 is 50.4 Å². The van der Waals surface area contributed by atoms with E-state index in [1.165, 1.54) is 12.1 Å². The number of rotatable bonds is 1. The molecular weight excluding hydrogens is 399 g/mol. The van der Waals surface area contributed by atoms with Gasteiger partial charge >= 0.3 is 40.5 Å². The first-order chi connectivity index (χ1) is 6.15. The van der Waals surface area contributed by atoms with Crippen LogP contribution in [-0.4, -0.2) is 0 Å². The van der Waals surface area contributed by atoms with E-state index in [-0.39, 0.29) is 18.2 Å². The summed E-state index contributed by atoms with van der Waals surface area (Å²) in [4.78, 5) is 0. The van der Waals surface area contributed by atoms with Gasteiger partial charge in [-0.15, -0.1) is 11.6 Å². The van der Waals surface area contributed by atoms with E-state index in [1.54, 1.807) is 6.07 Å². The van der Waals surface area contributed by atoms with Crippen LogP contribution in [0.4, 0.5) is 4.39 Å². The van der Waals surface area contributed by atoms with E-state index in [9.17, 15) is 4.39 Å². The molecule has 0 radical (unpaired) electrons. The molecule has 0 nitrogen and oxygen atoms in total. The molecule has 0 aliphatic heterocycles. The van der Waals surface area contributed by atoms with Crippen LogP contribution in [0.5, 0.6) is 0 Å². The second-order valence-corrected chi connectivity index (χ2v) is 16.7. The molecule has 6 heteroatoms. The van der Waals surface area contributed by atoms with Crippen LogP contribution in [0.15, 0.2) is 18.2 Å². The Labute approximate surface area is 107 Å². The summed E-state index contributed by atoms with van der Waals surface area (Å²) in [5.74, 6) is -0.0458. The molecule has 0 fully saturated rings. The molecule has 70 valence electrons. The third-order valence-electron chi connectivity index (χ3n) is 1.14. The summed E-state index contributed by atoms with van der Waals surface area (Å²) in [6.45, 7) is 0. The first-order valence-electron chi connectivity index (χ1n) is 3.27. The van der Waals surface area contributed by atoms with Crippen molar-refractivity contribution in [3.8, 4) is 0 Å². The van der Waals surface area contributed by atoms with Crippen LogP contribution in [0.3, 0.4) is 0 Å². The fraction of sp³-hybridized carbons (Fsp3) is 0.143. The van der Waals surface area contributed by atoms with Gasteiger partial charge in [0.15, 0.2) is 0 Å². The molecule has 0 aromatic heterocycles. The van der Waals surface area contributed by atoms with Gasteiger partial charge in [-0.3, -0.25) is 0 Å². The summed E-state index contributed by atoms with van der Waals surface area (Å²) in [6, 6.07) is 4.43. The van der Waals surface area contributed by atoms with Crippen LogP contribution in [-0.2, 0) is 19.1 Å². The van der Waals surface area contributed by atoms with Crippen LogP contribution >= 0.6 is 50.4 Å². The Morgan fingerprint density at radius 3 is 2.31 bits per heavy atom. The molecular formula is C7H5Br2Cl2FZn. The fourth-order valence-electron chi connectivity index (χ4n) is 0.623. The van der Waals surface area contributed by atoms with Crippen LogP contribution in [0, 0.1) is 5.82 Å². The van der Waals surface area contributed by atoms with Crippen molar-refractivity contribution < 1.29 is 17.6 Å². The molecule has 0 unspecified atom stereocenters. The van der Waals surface area contributed by atoms with Gasteiger partial charge in [-0.1, -0.05) is 17.7 Å². The van der Waals surface area contributed by atoms with Crippen LogP contribution in [0.1, 0.15) is 5.56 Å². The third kappa shape index (κ3) is 6.40. The van der Waals surface area contributed by atoms with Crippen LogP contribution < -0.4 is 0 Å². The van der Waals surface area contributed by atoms with Gasteiger partial charge < -0.3 is 0 Å². The molecule has 0 N–H and O–H groups in total. The molecule has 0 saturated carbocycles. The predicted octanol–water partition coefficient (Wildman–Crippen LogP) is 4.91. The SMILES string of the molecule is Fc1ccc(CCl)cc1Cl.[Br][Zn][Br]. The Morgan fingerprint density at radius 2 is 1.92 bits per heavy atom. The van der Waals surface area contributed by atoms with Crippen molar-refractivity contribution in [1.82, 2.24) is 0 Å². The van der Waals surface area contributed by atoms with E-state index in [4.69, 9.17) is 23.2 Å². The summed E-state index contributed by atoms with van der Waals surface area (Å²) in [5.41, 5.74) is 0.827. The van der Waals surface area contributed by atoms with Gasteiger partial charge in [0.05, 0.1) is 5.02 Å². The number of hydrogen-bond acceptors (Lipinski definition) is 0. The van der Waals surface area contributed by atoms with E-state index in [0.29, 0.717) is 5.88 Å². The van der Waals surface area contributed by atoms with Gasteiger partial charge in [0.2, 0.25) is 0 Å². The molecule has 1 rings (SSSR count). The van der Waals surface area contributed by atoms with Crippen LogP contribution in [0.2, 0.25) is 5.02 Å². The Kier molecular flexibility index (Phi) is 9.48. The van der Waals surface area contributed by atoms with Crippen molar-refractivity contribution in [2.45, 2.75) is 5.88 Å². The van der Waals surface area contributed by atoms with E-state index < -0.39 is 5.82 Å². The Balaban J connectivity index is 0.000000424. The molecule has 0 spiro atoms. The normalized spacial score (nSPS) is 8.38. The zero-order valence-electron chi connectivity index (χ0n) is 6.54. The second-order valence-electron chi connectivity index (χ2n) is 1.98. The van der Waals surface area contributed by atoms with Gasteiger partial charge in [0, 0.05) is 5.88 Å². The molecule has 0 bridgehead atoms. The zero-order valence-corrected chi connectivity index (χ0v) is 14.2. The molecule has 0 amide bonds. The first kappa shape index (κ1) is 14.3. The summed E-state index contributed by atoms with van der Waals surface area (Å²) >= 11 is 17.2. The predicted molar refractivity (Wildman–Crippen MR) is 58.8 cm³/mol. The second kappa shape index (κ2) is 8.61. The molecule has 0 atom stereocenters. The van der Waals surface area contributed by atoms with E-state index in [2.05, 4.69) is 27.2 Å².